The topological polar surface area (TPSA) is 33.0 Å². The van der Waals surface area contributed by atoms with Crippen molar-refractivity contribution in [3.05, 3.63) is 145 Å². The molecule has 58 heavy (non-hydrogen) atoms. The van der Waals surface area contributed by atoms with E-state index in [9.17, 15) is 5.26 Å². The largest absolute Gasteiger partial charge is 0.370 e. The molecule has 11 aliphatic rings. The molecule has 10 aliphatic carbocycles. The second-order valence-corrected chi connectivity index (χ2v) is 20.0. The molecule has 2 nitrogen and oxygen atoms in total. The lowest BCUT2D eigenvalue weighted by Crippen LogP contribution is -2.53. The molecule has 1 spiro atoms. The third-order valence-corrected chi connectivity index (χ3v) is 17.3. The molecule has 0 radical (unpaired) electrons. The average molecular weight is 764 g/mol. The number of nitriles is 1. The van der Waals surface area contributed by atoms with Crippen LogP contribution >= 0.6 is 0 Å². The quantitative estimate of drug-likeness (QED) is 0.287. The van der Waals surface area contributed by atoms with E-state index in [0.717, 1.165) is 64.2 Å². The number of ether oxygens (including phenoxy) is 1. The Bertz CT molecular complexity index is 2300. The van der Waals surface area contributed by atoms with Gasteiger partial charge in [0.25, 0.3) is 0 Å². The normalized spacial score (nSPS) is 37.3. The van der Waals surface area contributed by atoms with Gasteiger partial charge < -0.3 is 4.74 Å². The van der Waals surface area contributed by atoms with Crippen LogP contribution in [-0.2, 0) is 11.2 Å². The van der Waals surface area contributed by atoms with Crippen molar-refractivity contribution in [2.45, 2.75) is 147 Å². The molecule has 1 heterocycles. The smallest absolute Gasteiger partial charge is 0.0801 e. The van der Waals surface area contributed by atoms with Crippen molar-refractivity contribution in [3.63, 3.8) is 0 Å². The summed E-state index contributed by atoms with van der Waals surface area (Å²) < 4.78 is 7.32. The van der Waals surface area contributed by atoms with Gasteiger partial charge in [-0.25, -0.2) is 0 Å². The molecule has 296 valence electrons. The Morgan fingerprint density at radius 1 is 0.724 bits per heavy atom. The van der Waals surface area contributed by atoms with Crippen molar-refractivity contribution in [2.24, 2.45) is 35.0 Å². The summed E-state index contributed by atoms with van der Waals surface area (Å²) in [5.74, 6) is 2.78. The van der Waals surface area contributed by atoms with Crippen LogP contribution in [0.25, 0.3) is 6.08 Å². The molecular formula is C56H61NO. The van der Waals surface area contributed by atoms with E-state index >= 15 is 0 Å². The summed E-state index contributed by atoms with van der Waals surface area (Å²) in [6.45, 7) is 0. The summed E-state index contributed by atoms with van der Waals surface area (Å²) >= 11 is 0. The van der Waals surface area contributed by atoms with Crippen LogP contribution in [0.3, 0.4) is 0 Å². The molecule has 1 aromatic carbocycles. The summed E-state index contributed by atoms with van der Waals surface area (Å²) in [6, 6.07) is 10.2. The first kappa shape index (κ1) is 36.0. The number of nitrogens with zero attached hydrogens (tertiary/aromatic N) is 1. The summed E-state index contributed by atoms with van der Waals surface area (Å²) in [6.07, 6.45) is 49.8. The third kappa shape index (κ3) is 5.37. The Labute approximate surface area is 347 Å². The molecular weight excluding hydrogens is 703 g/mol. The zero-order chi connectivity index (χ0) is 38.4. The van der Waals surface area contributed by atoms with Crippen LogP contribution in [0.4, 0.5) is 0 Å². The van der Waals surface area contributed by atoms with E-state index in [-0.39, 0.29) is 29.5 Å². The molecule has 9 atom stereocenters. The van der Waals surface area contributed by atoms with Gasteiger partial charge in [0.05, 0.1) is 24.2 Å². The van der Waals surface area contributed by atoms with Gasteiger partial charge >= 0.3 is 0 Å². The van der Waals surface area contributed by atoms with Gasteiger partial charge in [0.2, 0.25) is 0 Å². The Hall–Kier alpha value is -3.93. The van der Waals surface area contributed by atoms with Gasteiger partial charge in [0.1, 0.15) is 0 Å². The Balaban J connectivity index is 0.999. The van der Waals surface area contributed by atoms with Gasteiger partial charge in [-0.3, -0.25) is 0 Å². The van der Waals surface area contributed by atoms with Gasteiger partial charge in [0.15, 0.2) is 0 Å². The minimum absolute atomic E-state index is 0.119. The highest BCUT2D eigenvalue weighted by atomic mass is 16.5. The standard InChI is InChI=1S/C56H61NO/c57-34-35-25-28-42-41-16-8-9-22-48(41)56(50(42)31-35)49-23-10-11-24-52(49)58-53-30-27-39(33-51(53)56)54-44-17-4-6-19-46(44)55(47-20-7-5-18-45(47)54)43-21-12-15-38-32-37(26-29-40(38)43)36-13-2-1-3-14-36/h2,4,9,12-13,15,17,21-23,26,29,33,35-37,47,51-53,55H,1,3,5-8,10-11,14,16,18-20,24-25,27-28,30-32H2. The maximum Gasteiger partial charge on any atom is 0.0801 e. The van der Waals surface area contributed by atoms with E-state index in [0.29, 0.717) is 23.7 Å². The summed E-state index contributed by atoms with van der Waals surface area (Å²) in [7, 11) is 0. The first-order valence-electron chi connectivity index (χ1n) is 23.9. The monoisotopic (exact) mass is 763 g/mol. The van der Waals surface area contributed by atoms with Gasteiger partial charge in [-0.05, 0) is 201 Å². The molecule has 0 amide bonds. The zero-order valence-electron chi connectivity index (χ0n) is 34.6. The lowest BCUT2D eigenvalue weighted by Gasteiger charge is -2.56. The Kier molecular flexibility index (Phi) is 8.91. The predicted molar refractivity (Wildman–Crippen MR) is 235 cm³/mol. The van der Waals surface area contributed by atoms with Crippen LogP contribution in [0, 0.1) is 46.3 Å². The average Bonchev–Trinajstić information content (AvgIpc) is 3.58. The highest BCUT2D eigenvalue weighted by Gasteiger charge is 2.61. The predicted octanol–water partition coefficient (Wildman–Crippen LogP) is 13.9. The van der Waals surface area contributed by atoms with Crippen molar-refractivity contribution in [1.82, 2.24) is 0 Å². The minimum atomic E-state index is -0.147. The van der Waals surface area contributed by atoms with Crippen molar-refractivity contribution in [2.75, 3.05) is 0 Å². The van der Waals surface area contributed by atoms with Gasteiger partial charge in [-0.15, -0.1) is 0 Å². The van der Waals surface area contributed by atoms with E-state index in [1.807, 2.05) is 0 Å². The van der Waals surface area contributed by atoms with Crippen LogP contribution in [0.1, 0.15) is 145 Å². The van der Waals surface area contributed by atoms with Crippen molar-refractivity contribution in [1.29, 1.82) is 5.26 Å². The van der Waals surface area contributed by atoms with Crippen molar-refractivity contribution >= 4 is 6.08 Å². The summed E-state index contributed by atoms with van der Waals surface area (Å²) in [5, 5.41) is 10.4. The molecule has 0 N–H and O–H groups in total. The van der Waals surface area contributed by atoms with Crippen molar-refractivity contribution < 1.29 is 4.74 Å². The van der Waals surface area contributed by atoms with Gasteiger partial charge in [-0.1, -0.05) is 96.5 Å². The lowest BCUT2D eigenvalue weighted by atomic mass is 9.53. The molecule has 0 bridgehead atoms. The van der Waals surface area contributed by atoms with E-state index in [4.69, 9.17) is 4.74 Å². The molecule has 1 aliphatic heterocycles. The molecule has 12 rings (SSSR count). The fraction of sp³-hybridized carbons (Fsp3) is 0.518. The molecule has 2 heteroatoms. The fourth-order valence-electron chi connectivity index (χ4n) is 14.9. The van der Waals surface area contributed by atoms with Gasteiger partial charge in [0, 0.05) is 17.3 Å². The Morgan fingerprint density at radius 2 is 1.66 bits per heavy atom. The van der Waals surface area contributed by atoms with E-state index < -0.39 is 0 Å². The van der Waals surface area contributed by atoms with Crippen LogP contribution in [0.2, 0.25) is 0 Å². The molecule has 1 saturated carbocycles. The minimum Gasteiger partial charge on any atom is -0.370 e. The number of fused-ring (bicyclic) bond motifs is 9. The number of hydrogen-bond donors (Lipinski definition) is 0. The molecule has 9 unspecified atom stereocenters. The second-order valence-electron chi connectivity index (χ2n) is 20.0. The molecule has 2 fully saturated rings. The highest BCUT2D eigenvalue weighted by molar-refractivity contribution is 5.70. The number of rotatable bonds is 3. The van der Waals surface area contributed by atoms with E-state index in [2.05, 4.69) is 85.0 Å². The first-order valence-corrected chi connectivity index (χ1v) is 23.9. The number of allylic oxidation sites excluding steroid dienone is 17. The SMILES string of the molecule is N#CC1CCC2=C(C1)C1(C3=CCCCC3OC3CCC(C4=C5CCCCC5C(c5cccc6c5C=CC(C5C=CCCC5)C6)C5=C4C=CCC5)=CC31)C1=C2CCC=C1. The number of benzene rings is 1. The van der Waals surface area contributed by atoms with Gasteiger partial charge in [-0.2, -0.15) is 5.26 Å². The van der Waals surface area contributed by atoms with Crippen LogP contribution in [0.5, 0.6) is 0 Å². The first-order chi connectivity index (χ1) is 28.7. The third-order valence-electron chi connectivity index (χ3n) is 17.3. The maximum atomic E-state index is 10.4. The maximum absolute atomic E-state index is 10.4. The summed E-state index contributed by atoms with van der Waals surface area (Å²) in [5.41, 5.74) is 21.1. The number of hydrogen-bond acceptors (Lipinski definition) is 2. The van der Waals surface area contributed by atoms with E-state index in [1.165, 1.54) is 64.2 Å². The highest BCUT2D eigenvalue weighted by Crippen LogP contribution is 2.68. The molecule has 1 aromatic rings. The zero-order valence-corrected chi connectivity index (χ0v) is 34.6. The van der Waals surface area contributed by atoms with Crippen LogP contribution < -0.4 is 0 Å². The second kappa shape index (κ2) is 14.4. The lowest BCUT2D eigenvalue weighted by molar-refractivity contribution is -0.0844. The van der Waals surface area contributed by atoms with Crippen LogP contribution in [-0.4, -0.2) is 12.2 Å². The molecule has 0 aromatic heterocycles. The van der Waals surface area contributed by atoms with Crippen molar-refractivity contribution in [3.8, 4) is 6.07 Å². The summed E-state index contributed by atoms with van der Waals surface area (Å²) in [4.78, 5) is 0. The molecule has 1 saturated heterocycles. The Morgan fingerprint density at radius 3 is 2.59 bits per heavy atom. The van der Waals surface area contributed by atoms with E-state index in [1.54, 1.807) is 72.4 Å². The van der Waals surface area contributed by atoms with Crippen LogP contribution in [0.15, 0.2) is 129 Å². The fourth-order valence-corrected chi connectivity index (χ4v) is 14.9.